The summed E-state index contributed by atoms with van der Waals surface area (Å²) in [5.41, 5.74) is 3.77. The predicted octanol–water partition coefficient (Wildman–Crippen LogP) is 3.80. The maximum atomic E-state index is 13.2. The van der Waals surface area contributed by atoms with Crippen molar-refractivity contribution in [3.8, 4) is 17.2 Å². The van der Waals surface area contributed by atoms with Gasteiger partial charge in [0.1, 0.15) is 11.8 Å². The summed E-state index contributed by atoms with van der Waals surface area (Å²) in [6.45, 7) is 3.38. The number of allylic oxidation sites excluding steroid dienone is 2. The van der Waals surface area contributed by atoms with E-state index >= 15 is 0 Å². The van der Waals surface area contributed by atoms with Gasteiger partial charge in [-0.05, 0) is 37.8 Å². The first kappa shape index (κ1) is 18.4. The molecule has 0 N–H and O–H groups in total. The number of hydrogen-bond donors (Lipinski definition) is 0. The number of hydrogen-bond acceptors (Lipinski definition) is 4. The van der Waals surface area contributed by atoms with Gasteiger partial charge in [0.25, 0.3) is 0 Å². The molecule has 0 saturated carbocycles. The van der Waals surface area contributed by atoms with Crippen LogP contribution in [0.25, 0.3) is 0 Å². The summed E-state index contributed by atoms with van der Waals surface area (Å²) >= 11 is 0. The number of likely N-dealkylation sites (N-methyl/N-ethyl adjacent to an activating group) is 1. The van der Waals surface area contributed by atoms with Crippen molar-refractivity contribution in [2.24, 2.45) is 5.92 Å². The fourth-order valence-corrected chi connectivity index (χ4v) is 4.73. The number of carbonyl (C=O) groups is 1. The lowest BCUT2D eigenvalue weighted by atomic mass is 9.81. The number of methoxy groups -OCH3 is 1. The summed E-state index contributed by atoms with van der Waals surface area (Å²) in [7, 11) is 6.12. The highest BCUT2D eigenvalue weighted by Crippen LogP contribution is 2.51. The van der Waals surface area contributed by atoms with Crippen LogP contribution in [0.15, 0.2) is 17.7 Å². The molecule has 0 bridgehead atoms. The fraction of sp³-hybridized carbons (Fsp3) is 0.591. The minimum absolute atomic E-state index is 0.0812. The van der Waals surface area contributed by atoms with E-state index in [0.717, 1.165) is 53.8 Å². The highest BCUT2D eigenvalue weighted by Gasteiger charge is 2.43. The lowest BCUT2D eigenvalue weighted by Gasteiger charge is -2.43. The summed E-state index contributed by atoms with van der Waals surface area (Å²) in [6, 6.07) is 2.17. The summed E-state index contributed by atoms with van der Waals surface area (Å²) in [6.07, 6.45) is 6.64. The first-order chi connectivity index (χ1) is 12.9. The lowest BCUT2D eigenvalue weighted by Crippen LogP contribution is -2.49. The molecule has 0 unspecified atom stereocenters. The zero-order valence-electron chi connectivity index (χ0n) is 16.8. The molecule has 1 aliphatic carbocycles. The third-order valence-corrected chi connectivity index (χ3v) is 6.57. The van der Waals surface area contributed by atoms with E-state index in [4.69, 9.17) is 14.2 Å². The number of Topliss-reactive ketones (excluding diaryl/α,β-unsaturated/α-hetero) is 1. The minimum Gasteiger partial charge on any atom is -0.492 e. The molecule has 3 aliphatic rings. The quantitative estimate of drug-likeness (QED) is 0.596. The first-order valence-corrected chi connectivity index (χ1v) is 9.91. The smallest absolute Gasteiger partial charge is 0.231 e. The van der Waals surface area contributed by atoms with Crippen LogP contribution in [-0.2, 0) is 11.2 Å². The van der Waals surface area contributed by atoms with Gasteiger partial charge in [-0.1, -0.05) is 11.6 Å². The first-order valence-electron chi connectivity index (χ1n) is 9.91. The van der Waals surface area contributed by atoms with Gasteiger partial charge in [-0.25, -0.2) is 0 Å². The van der Waals surface area contributed by atoms with Crippen molar-refractivity contribution >= 4 is 5.78 Å². The maximum absolute atomic E-state index is 13.2. The van der Waals surface area contributed by atoms with E-state index in [0.29, 0.717) is 18.0 Å². The molecule has 2 atom stereocenters. The molecule has 0 saturated heterocycles. The van der Waals surface area contributed by atoms with Crippen molar-refractivity contribution in [2.75, 3.05) is 34.5 Å². The van der Waals surface area contributed by atoms with Gasteiger partial charge >= 0.3 is 0 Å². The fourth-order valence-electron chi connectivity index (χ4n) is 4.73. The standard InChI is InChI=1S/C22H30NO4/c1-14-5-7-15(8-6-14)18(24)12-17-20-16(9-10-23(17,2)3)11-19-21(22(20)25-4)27-13-26-19/h5,11,15,17H,6-10,12-13H2,1-4H3/q+1/t15-,17-/m1/s1. The Balaban J connectivity index is 1.69. The van der Waals surface area contributed by atoms with Crippen molar-refractivity contribution in [1.82, 2.24) is 0 Å². The second-order valence-corrected chi connectivity index (χ2v) is 8.68. The number of ketones is 1. The minimum atomic E-state index is 0.0812. The second kappa shape index (κ2) is 6.86. The monoisotopic (exact) mass is 372 g/mol. The largest absolute Gasteiger partial charge is 0.492 e. The Labute approximate surface area is 161 Å². The number of benzene rings is 1. The molecule has 4 rings (SSSR count). The molecule has 146 valence electrons. The Morgan fingerprint density at radius 3 is 2.81 bits per heavy atom. The van der Waals surface area contributed by atoms with E-state index < -0.39 is 0 Å². The van der Waals surface area contributed by atoms with Crippen molar-refractivity contribution in [3.63, 3.8) is 0 Å². The van der Waals surface area contributed by atoms with Gasteiger partial charge in [0.2, 0.25) is 12.5 Å². The molecule has 2 heterocycles. The number of rotatable bonds is 4. The molecule has 0 amide bonds. The van der Waals surface area contributed by atoms with Crippen molar-refractivity contribution in [1.29, 1.82) is 0 Å². The Morgan fingerprint density at radius 1 is 1.30 bits per heavy atom. The van der Waals surface area contributed by atoms with Gasteiger partial charge in [0, 0.05) is 12.3 Å². The molecular formula is C22H30NO4+. The van der Waals surface area contributed by atoms with E-state index in [1.807, 2.05) is 0 Å². The van der Waals surface area contributed by atoms with Crippen molar-refractivity contribution in [3.05, 3.63) is 28.8 Å². The van der Waals surface area contributed by atoms with Crippen LogP contribution in [-0.4, -0.2) is 44.8 Å². The molecule has 0 fully saturated rings. The Morgan fingerprint density at radius 2 is 2.11 bits per heavy atom. The summed E-state index contributed by atoms with van der Waals surface area (Å²) in [5.74, 6) is 2.73. The highest BCUT2D eigenvalue weighted by molar-refractivity contribution is 5.82. The van der Waals surface area contributed by atoms with Crippen LogP contribution >= 0.6 is 0 Å². The summed E-state index contributed by atoms with van der Waals surface area (Å²) in [4.78, 5) is 13.2. The average molecular weight is 372 g/mol. The number of ether oxygens (including phenoxy) is 3. The van der Waals surface area contributed by atoms with E-state index in [-0.39, 0.29) is 18.8 Å². The normalized spacial score (nSPS) is 25.6. The van der Waals surface area contributed by atoms with Gasteiger partial charge in [-0.3, -0.25) is 4.79 Å². The molecule has 5 nitrogen and oxygen atoms in total. The van der Waals surface area contributed by atoms with E-state index in [1.54, 1.807) is 7.11 Å². The zero-order chi connectivity index (χ0) is 19.2. The van der Waals surface area contributed by atoms with E-state index in [2.05, 4.69) is 33.2 Å². The lowest BCUT2D eigenvalue weighted by molar-refractivity contribution is -0.922. The molecule has 1 aromatic rings. The zero-order valence-corrected chi connectivity index (χ0v) is 16.8. The number of fused-ring (bicyclic) bond motifs is 2. The van der Waals surface area contributed by atoms with Gasteiger partial charge in [0.15, 0.2) is 11.5 Å². The average Bonchev–Trinajstić information content (AvgIpc) is 3.11. The number of nitrogens with zero attached hydrogens (tertiary/aromatic N) is 1. The van der Waals surface area contributed by atoms with Crippen molar-refractivity contribution < 1.29 is 23.5 Å². The van der Waals surface area contributed by atoms with Crippen LogP contribution in [0.2, 0.25) is 0 Å². The van der Waals surface area contributed by atoms with Crippen LogP contribution in [0.3, 0.4) is 0 Å². The van der Waals surface area contributed by atoms with Crippen LogP contribution in [0, 0.1) is 5.92 Å². The van der Waals surface area contributed by atoms with Crippen LogP contribution in [0.1, 0.15) is 49.8 Å². The second-order valence-electron chi connectivity index (χ2n) is 8.68. The Hall–Kier alpha value is -2.01. The summed E-state index contributed by atoms with van der Waals surface area (Å²) in [5, 5.41) is 0. The molecule has 0 radical (unpaired) electrons. The van der Waals surface area contributed by atoms with Crippen LogP contribution < -0.4 is 14.2 Å². The Bertz CT molecular complexity index is 796. The molecule has 1 aromatic carbocycles. The van der Waals surface area contributed by atoms with Gasteiger partial charge in [-0.15, -0.1) is 0 Å². The number of carbonyl (C=O) groups excluding carboxylic acids is 1. The van der Waals surface area contributed by atoms with E-state index in [9.17, 15) is 4.79 Å². The maximum Gasteiger partial charge on any atom is 0.231 e. The molecule has 0 aromatic heterocycles. The third-order valence-electron chi connectivity index (χ3n) is 6.57. The summed E-state index contributed by atoms with van der Waals surface area (Å²) < 4.78 is 17.9. The van der Waals surface area contributed by atoms with Crippen LogP contribution in [0.5, 0.6) is 17.2 Å². The van der Waals surface area contributed by atoms with Crippen molar-refractivity contribution in [2.45, 2.75) is 45.1 Å². The van der Waals surface area contributed by atoms with Crippen LogP contribution in [0.4, 0.5) is 0 Å². The topological polar surface area (TPSA) is 44.8 Å². The van der Waals surface area contributed by atoms with Gasteiger partial charge in [0.05, 0.1) is 39.7 Å². The third kappa shape index (κ3) is 3.22. The molecule has 2 aliphatic heterocycles. The molecule has 0 spiro atoms. The number of quaternary nitrogens is 1. The molecular weight excluding hydrogens is 342 g/mol. The molecule has 27 heavy (non-hydrogen) atoms. The Kier molecular flexibility index (Phi) is 4.66. The predicted molar refractivity (Wildman–Crippen MR) is 103 cm³/mol. The highest BCUT2D eigenvalue weighted by atomic mass is 16.7. The van der Waals surface area contributed by atoms with E-state index in [1.165, 1.54) is 11.1 Å². The SMILES string of the molecule is COc1c2c(cc3c1[C@@H](CC(=O)[C@@H]1CC=C(C)CC1)[N+](C)(C)CC3)OCO2. The van der Waals surface area contributed by atoms with Gasteiger partial charge < -0.3 is 18.7 Å². The molecule has 5 heteroatoms. The van der Waals surface area contributed by atoms with Gasteiger partial charge in [-0.2, -0.15) is 0 Å².